The maximum atomic E-state index is 10.9. The minimum atomic E-state index is -0.368. The molecule has 0 radical (unpaired) electrons. The zero-order valence-corrected chi connectivity index (χ0v) is 11.0. The molecule has 0 saturated carbocycles. The van der Waals surface area contributed by atoms with Crippen LogP contribution in [0.15, 0.2) is 54.6 Å². The normalized spacial score (nSPS) is 11.4. The first-order valence-corrected chi connectivity index (χ1v) is 5.71. The highest BCUT2D eigenvalue weighted by atomic mass is 35.5. The zero-order chi connectivity index (χ0) is 13.0. The van der Waals surface area contributed by atoms with Gasteiger partial charge in [-0.15, -0.1) is 12.4 Å². The molecule has 2 aromatic rings. The molecule has 2 aromatic carbocycles. The van der Waals surface area contributed by atoms with Crippen molar-refractivity contribution in [3.8, 4) is 0 Å². The number of nitrogens with zero attached hydrogens (tertiary/aromatic N) is 1. The highest BCUT2D eigenvalue weighted by Gasteiger charge is 2.15. The van der Waals surface area contributed by atoms with Crippen LogP contribution in [-0.4, -0.2) is 4.92 Å². The van der Waals surface area contributed by atoms with Crippen molar-refractivity contribution in [3.63, 3.8) is 0 Å². The Hall–Kier alpha value is -1.91. The van der Waals surface area contributed by atoms with Gasteiger partial charge >= 0.3 is 0 Å². The van der Waals surface area contributed by atoms with Crippen LogP contribution in [0.3, 0.4) is 0 Å². The second kappa shape index (κ2) is 6.87. The number of nitro groups is 1. The Balaban J connectivity index is 0.00000180. The molecule has 2 N–H and O–H groups in total. The van der Waals surface area contributed by atoms with Crippen LogP contribution in [0.2, 0.25) is 0 Å². The molecule has 5 heteroatoms. The molecule has 0 bridgehead atoms. The third-order valence-electron chi connectivity index (χ3n) is 2.86. The van der Waals surface area contributed by atoms with E-state index >= 15 is 0 Å². The van der Waals surface area contributed by atoms with Crippen molar-refractivity contribution in [1.29, 1.82) is 0 Å². The molecule has 1 atom stereocenters. The molecule has 1 unspecified atom stereocenters. The Morgan fingerprint density at radius 3 is 2.26 bits per heavy atom. The highest BCUT2D eigenvalue weighted by Crippen LogP contribution is 2.23. The summed E-state index contributed by atoms with van der Waals surface area (Å²) in [5, 5.41) is 10.9. The standard InChI is InChI=1S/C14H14N2O2.ClH/c15-13(11-6-2-1-3-7-11)10-12-8-4-5-9-14(12)16(17)18;/h1-9,13H,10,15H2;1H. The van der Waals surface area contributed by atoms with E-state index in [2.05, 4.69) is 0 Å². The Morgan fingerprint density at radius 1 is 1.05 bits per heavy atom. The van der Waals surface area contributed by atoms with E-state index in [1.807, 2.05) is 30.3 Å². The number of halogens is 1. The maximum Gasteiger partial charge on any atom is 0.272 e. The predicted octanol–water partition coefficient (Wildman–Crippen LogP) is 3.26. The monoisotopic (exact) mass is 278 g/mol. The summed E-state index contributed by atoms with van der Waals surface area (Å²) >= 11 is 0. The van der Waals surface area contributed by atoms with Gasteiger partial charge in [0.2, 0.25) is 0 Å². The van der Waals surface area contributed by atoms with E-state index in [4.69, 9.17) is 5.73 Å². The summed E-state index contributed by atoms with van der Waals surface area (Å²) in [6.45, 7) is 0. The van der Waals surface area contributed by atoms with Gasteiger partial charge in [0.15, 0.2) is 0 Å². The summed E-state index contributed by atoms with van der Waals surface area (Å²) in [6.07, 6.45) is 0.459. The number of nitro benzene ring substituents is 1. The smallest absolute Gasteiger partial charge is 0.272 e. The number of para-hydroxylation sites is 1. The summed E-state index contributed by atoms with van der Waals surface area (Å²) < 4.78 is 0. The van der Waals surface area contributed by atoms with Crippen LogP contribution >= 0.6 is 12.4 Å². The fraction of sp³-hybridized carbons (Fsp3) is 0.143. The van der Waals surface area contributed by atoms with Crippen LogP contribution in [0.4, 0.5) is 5.69 Å². The van der Waals surface area contributed by atoms with Crippen molar-refractivity contribution < 1.29 is 4.92 Å². The van der Waals surface area contributed by atoms with E-state index in [9.17, 15) is 10.1 Å². The van der Waals surface area contributed by atoms with Crippen LogP contribution in [0, 0.1) is 10.1 Å². The van der Waals surface area contributed by atoms with E-state index in [1.54, 1.807) is 18.2 Å². The van der Waals surface area contributed by atoms with Crippen molar-refractivity contribution in [2.24, 2.45) is 5.73 Å². The van der Waals surface area contributed by atoms with Crippen LogP contribution in [0.5, 0.6) is 0 Å². The first-order chi connectivity index (χ1) is 8.68. The second-order valence-electron chi connectivity index (χ2n) is 4.11. The molecule has 100 valence electrons. The van der Waals surface area contributed by atoms with Gasteiger partial charge in [0.1, 0.15) is 0 Å². The molecular formula is C14H15ClN2O2. The van der Waals surface area contributed by atoms with Gasteiger partial charge in [-0.2, -0.15) is 0 Å². The fourth-order valence-electron chi connectivity index (χ4n) is 1.92. The highest BCUT2D eigenvalue weighted by molar-refractivity contribution is 5.85. The zero-order valence-electron chi connectivity index (χ0n) is 10.2. The lowest BCUT2D eigenvalue weighted by atomic mass is 9.99. The molecule has 19 heavy (non-hydrogen) atoms. The van der Waals surface area contributed by atoms with E-state index in [1.165, 1.54) is 6.07 Å². The average molecular weight is 279 g/mol. The number of benzene rings is 2. The largest absolute Gasteiger partial charge is 0.324 e. The topological polar surface area (TPSA) is 69.2 Å². The number of hydrogen-bond donors (Lipinski definition) is 1. The van der Waals surface area contributed by atoms with Crippen molar-refractivity contribution in [2.45, 2.75) is 12.5 Å². The molecule has 0 aliphatic carbocycles. The third-order valence-corrected chi connectivity index (χ3v) is 2.86. The molecule has 0 saturated heterocycles. The molecule has 4 nitrogen and oxygen atoms in total. The van der Waals surface area contributed by atoms with E-state index in [0.717, 1.165) is 5.56 Å². The number of hydrogen-bond acceptors (Lipinski definition) is 3. The average Bonchev–Trinajstić information content (AvgIpc) is 2.40. The first-order valence-electron chi connectivity index (χ1n) is 5.71. The van der Waals surface area contributed by atoms with Gasteiger partial charge in [0.25, 0.3) is 5.69 Å². The third kappa shape index (κ3) is 3.77. The summed E-state index contributed by atoms with van der Waals surface area (Å²) in [7, 11) is 0. The van der Waals surface area contributed by atoms with Gasteiger partial charge in [-0.25, -0.2) is 0 Å². The van der Waals surface area contributed by atoms with Gasteiger partial charge in [0.05, 0.1) is 4.92 Å². The molecule has 0 spiro atoms. The SMILES string of the molecule is Cl.NC(Cc1ccccc1[N+](=O)[O-])c1ccccc1. The van der Waals surface area contributed by atoms with Crippen LogP contribution in [-0.2, 0) is 6.42 Å². The Labute approximate surface area is 117 Å². The summed E-state index contributed by atoms with van der Waals surface area (Å²) in [5.74, 6) is 0. The quantitative estimate of drug-likeness (QED) is 0.689. The molecule has 0 aliphatic heterocycles. The minimum absolute atomic E-state index is 0. The van der Waals surface area contributed by atoms with Crippen molar-refractivity contribution in [1.82, 2.24) is 0 Å². The number of nitrogens with two attached hydrogens (primary N) is 1. The molecule has 0 fully saturated rings. The lowest BCUT2D eigenvalue weighted by Gasteiger charge is -2.12. The van der Waals surface area contributed by atoms with Crippen molar-refractivity contribution in [3.05, 3.63) is 75.8 Å². The first kappa shape index (κ1) is 15.1. The maximum absolute atomic E-state index is 10.9. The Bertz CT molecular complexity index is 546. The van der Waals surface area contributed by atoms with Crippen molar-refractivity contribution in [2.75, 3.05) is 0 Å². The van der Waals surface area contributed by atoms with Crippen LogP contribution < -0.4 is 5.73 Å². The lowest BCUT2D eigenvalue weighted by Crippen LogP contribution is -2.14. The van der Waals surface area contributed by atoms with Gasteiger partial charge < -0.3 is 5.73 Å². The Morgan fingerprint density at radius 2 is 1.63 bits per heavy atom. The molecular weight excluding hydrogens is 264 g/mol. The van der Waals surface area contributed by atoms with Gasteiger partial charge in [0, 0.05) is 17.7 Å². The van der Waals surface area contributed by atoms with Gasteiger partial charge in [-0.3, -0.25) is 10.1 Å². The lowest BCUT2D eigenvalue weighted by molar-refractivity contribution is -0.385. The summed E-state index contributed by atoms with van der Waals surface area (Å²) in [5.41, 5.74) is 7.85. The minimum Gasteiger partial charge on any atom is -0.324 e. The Kier molecular flexibility index (Phi) is 5.48. The van der Waals surface area contributed by atoms with Crippen molar-refractivity contribution >= 4 is 18.1 Å². The molecule has 0 aromatic heterocycles. The second-order valence-corrected chi connectivity index (χ2v) is 4.11. The molecule has 2 rings (SSSR count). The van der Waals surface area contributed by atoms with Gasteiger partial charge in [-0.1, -0.05) is 48.5 Å². The molecule has 0 amide bonds. The molecule has 0 heterocycles. The summed E-state index contributed by atoms with van der Waals surface area (Å²) in [4.78, 5) is 10.5. The number of rotatable bonds is 4. The summed E-state index contributed by atoms with van der Waals surface area (Å²) in [6, 6.07) is 16.1. The van der Waals surface area contributed by atoms with Crippen LogP contribution in [0.25, 0.3) is 0 Å². The molecule has 0 aliphatic rings. The van der Waals surface area contributed by atoms with E-state index in [0.29, 0.717) is 12.0 Å². The van der Waals surface area contributed by atoms with E-state index in [-0.39, 0.29) is 29.1 Å². The van der Waals surface area contributed by atoms with Crippen LogP contribution in [0.1, 0.15) is 17.2 Å². The van der Waals surface area contributed by atoms with Gasteiger partial charge in [-0.05, 0) is 12.0 Å². The fourth-order valence-corrected chi connectivity index (χ4v) is 1.92. The predicted molar refractivity (Wildman–Crippen MR) is 77.4 cm³/mol. The van der Waals surface area contributed by atoms with E-state index < -0.39 is 0 Å².